The van der Waals surface area contributed by atoms with Gasteiger partial charge in [0.05, 0.1) is 0 Å². The molecule has 0 atom stereocenters. The van der Waals surface area contributed by atoms with Crippen LogP contribution in [0.25, 0.3) is 0 Å². The molecule has 0 radical (unpaired) electrons. The van der Waals surface area contributed by atoms with Gasteiger partial charge in [-0.1, -0.05) is 0 Å². The molecule has 0 bridgehead atoms. The zero-order chi connectivity index (χ0) is 11.4. The lowest BCUT2D eigenvalue weighted by Gasteiger charge is -2.06. The summed E-state index contributed by atoms with van der Waals surface area (Å²) in [5.74, 6) is -14.0. The molecule has 82 valence electrons. The maximum atomic E-state index is 12.9. The van der Waals surface area contributed by atoms with Crippen LogP contribution in [0.3, 0.4) is 0 Å². The Morgan fingerprint density at radius 1 is 0.733 bits per heavy atom. The Bertz CT molecular complexity index is 414. The van der Waals surface area contributed by atoms with Crippen molar-refractivity contribution in [2.45, 2.75) is 5.97 Å². The third kappa shape index (κ3) is 1.29. The standard InChI is InChI=1S/C7HF5O3/c8-2-1(7(13)14-15-7)3(9)5(11)6(12)4(2)10/h13H. The van der Waals surface area contributed by atoms with Gasteiger partial charge in [-0.05, 0) is 0 Å². The first kappa shape index (κ1) is 10.3. The monoisotopic (exact) mass is 228 g/mol. The van der Waals surface area contributed by atoms with Gasteiger partial charge >= 0.3 is 5.97 Å². The molecule has 1 saturated heterocycles. The van der Waals surface area contributed by atoms with Crippen LogP contribution in [-0.2, 0) is 15.7 Å². The van der Waals surface area contributed by atoms with Crippen LogP contribution in [0.15, 0.2) is 0 Å². The quantitative estimate of drug-likeness (QED) is 0.260. The van der Waals surface area contributed by atoms with Gasteiger partial charge in [-0.15, -0.1) is 0 Å². The molecule has 2 rings (SSSR count). The van der Waals surface area contributed by atoms with E-state index in [4.69, 9.17) is 5.11 Å². The van der Waals surface area contributed by atoms with Gasteiger partial charge in [0.2, 0.25) is 5.82 Å². The normalized spacial score (nSPS) is 18.0. The van der Waals surface area contributed by atoms with Gasteiger partial charge in [0.15, 0.2) is 23.3 Å². The third-order valence-electron chi connectivity index (χ3n) is 1.77. The van der Waals surface area contributed by atoms with E-state index >= 15 is 0 Å². The van der Waals surface area contributed by atoms with Gasteiger partial charge in [-0.3, -0.25) is 0 Å². The summed E-state index contributed by atoms with van der Waals surface area (Å²) in [5.41, 5.74) is -1.57. The molecule has 0 unspecified atom stereocenters. The van der Waals surface area contributed by atoms with E-state index in [9.17, 15) is 22.0 Å². The highest BCUT2D eigenvalue weighted by Gasteiger charge is 2.55. The summed E-state index contributed by atoms with van der Waals surface area (Å²) < 4.78 is 63.5. The molecule has 1 heterocycles. The van der Waals surface area contributed by atoms with Crippen molar-refractivity contribution in [1.29, 1.82) is 0 Å². The Morgan fingerprint density at radius 2 is 1.07 bits per heavy atom. The zero-order valence-electron chi connectivity index (χ0n) is 6.65. The van der Waals surface area contributed by atoms with E-state index in [1.807, 2.05) is 0 Å². The molecule has 0 aliphatic carbocycles. The van der Waals surface area contributed by atoms with Crippen molar-refractivity contribution < 1.29 is 36.8 Å². The molecule has 0 amide bonds. The second-order valence-corrected chi connectivity index (χ2v) is 2.69. The predicted molar refractivity (Wildman–Crippen MR) is 32.3 cm³/mol. The van der Waals surface area contributed by atoms with Crippen molar-refractivity contribution in [2.75, 3.05) is 0 Å². The molecule has 3 nitrogen and oxygen atoms in total. The minimum Gasteiger partial charge on any atom is -0.336 e. The van der Waals surface area contributed by atoms with E-state index in [1.54, 1.807) is 0 Å². The Balaban J connectivity index is 2.74. The predicted octanol–water partition coefficient (Wildman–Crippen LogP) is 1.45. The maximum Gasteiger partial charge on any atom is 0.371 e. The van der Waals surface area contributed by atoms with Crippen molar-refractivity contribution in [1.82, 2.24) is 0 Å². The van der Waals surface area contributed by atoms with Gasteiger partial charge in [0.1, 0.15) is 5.56 Å². The highest BCUT2D eigenvalue weighted by molar-refractivity contribution is 5.27. The maximum absolute atomic E-state index is 12.9. The van der Waals surface area contributed by atoms with Crippen molar-refractivity contribution in [3.8, 4) is 0 Å². The second-order valence-electron chi connectivity index (χ2n) is 2.69. The molecule has 0 saturated carbocycles. The number of hydrogen-bond acceptors (Lipinski definition) is 3. The summed E-state index contributed by atoms with van der Waals surface area (Å²) in [7, 11) is 0. The highest BCUT2D eigenvalue weighted by atomic mass is 19.2. The molecule has 1 aromatic carbocycles. The van der Waals surface area contributed by atoms with Crippen LogP contribution in [0.5, 0.6) is 0 Å². The number of hydrogen-bond donors (Lipinski definition) is 1. The van der Waals surface area contributed by atoms with Gasteiger partial charge in [0.25, 0.3) is 0 Å². The van der Waals surface area contributed by atoms with E-state index in [0.717, 1.165) is 0 Å². The lowest BCUT2D eigenvalue weighted by Crippen LogP contribution is -2.16. The molecule has 1 aliphatic rings. The fourth-order valence-corrected chi connectivity index (χ4v) is 1.01. The second kappa shape index (κ2) is 2.87. The zero-order valence-corrected chi connectivity index (χ0v) is 6.65. The molecule has 1 aliphatic heterocycles. The van der Waals surface area contributed by atoms with E-state index in [1.165, 1.54) is 0 Å². The van der Waals surface area contributed by atoms with Crippen molar-refractivity contribution in [3.05, 3.63) is 34.6 Å². The summed E-state index contributed by atoms with van der Waals surface area (Å²) in [6, 6.07) is 0. The first-order valence-corrected chi connectivity index (χ1v) is 3.49. The van der Waals surface area contributed by atoms with Crippen LogP contribution in [0.1, 0.15) is 5.56 Å². The summed E-state index contributed by atoms with van der Waals surface area (Å²) in [6.45, 7) is 0. The lowest BCUT2D eigenvalue weighted by molar-refractivity contribution is 0.0170. The minimum absolute atomic E-state index is 1.57. The largest absolute Gasteiger partial charge is 0.371 e. The molecule has 15 heavy (non-hydrogen) atoms. The summed E-state index contributed by atoms with van der Waals surface area (Å²) in [6.07, 6.45) is 0. The van der Waals surface area contributed by atoms with Gasteiger partial charge in [-0.25, -0.2) is 22.0 Å². The summed E-state index contributed by atoms with van der Waals surface area (Å²) in [4.78, 5) is 7.43. The van der Waals surface area contributed by atoms with Crippen LogP contribution >= 0.6 is 0 Å². The first-order chi connectivity index (χ1) is 6.88. The molecule has 0 spiro atoms. The van der Waals surface area contributed by atoms with E-state index in [0.29, 0.717) is 0 Å². The Labute approximate surface area is 78.6 Å². The highest BCUT2D eigenvalue weighted by Crippen LogP contribution is 2.42. The Hall–Kier alpha value is -1.25. The minimum atomic E-state index is -2.90. The fourth-order valence-electron chi connectivity index (χ4n) is 1.01. The number of aliphatic hydroxyl groups is 1. The smallest absolute Gasteiger partial charge is 0.336 e. The fraction of sp³-hybridized carbons (Fsp3) is 0.143. The van der Waals surface area contributed by atoms with Crippen molar-refractivity contribution in [2.24, 2.45) is 0 Å². The van der Waals surface area contributed by atoms with E-state index in [-0.39, 0.29) is 0 Å². The van der Waals surface area contributed by atoms with Crippen LogP contribution in [0.4, 0.5) is 22.0 Å². The summed E-state index contributed by atoms with van der Waals surface area (Å²) >= 11 is 0. The topological polar surface area (TPSA) is 45.3 Å². The van der Waals surface area contributed by atoms with Crippen LogP contribution in [0, 0.1) is 29.1 Å². The Kier molecular flexibility index (Phi) is 1.97. The van der Waals surface area contributed by atoms with Crippen LogP contribution in [0.2, 0.25) is 0 Å². The first-order valence-electron chi connectivity index (χ1n) is 3.49. The lowest BCUT2D eigenvalue weighted by atomic mass is 10.1. The average molecular weight is 228 g/mol. The summed E-state index contributed by atoms with van der Waals surface area (Å²) in [5, 5.41) is 8.92. The molecule has 1 N–H and O–H groups in total. The van der Waals surface area contributed by atoms with Crippen LogP contribution < -0.4 is 0 Å². The van der Waals surface area contributed by atoms with Gasteiger partial charge in [-0.2, -0.15) is 9.78 Å². The molecule has 0 aromatic heterocycles. The number of rotatable bonds is 1. The SMILES string of the molecule is OC1(c2c(F)c(F)c(F)c(F)c2F)OO1. The molecular weight excluding hydrogens is 227 g/mol. The van der Waals surface area contributed by atoms with E-state index < -0.39 is 40.6 Å². The van der Waals surface area contributed by atoms with Crippen LogP contribution in [-0.4, -0.2) is 5.11 Å². The van der Waals surface area contributed by atoms with E-state index in [2.05, 4.69) is 9.78 Å². The third-order valence-corrected chi connectivity index (χ3v) is 1.77. The number of halogens is 5. The molecule has 1 aromatic rings. The molecule has 8 heteroatoms. The average Bonchev–Trinajstić information content (AvgIpc) is 2.91. The molecular formula is C7HF5O3. The number of benzene rings is 1. The van der Waals surface area contributed by atoms with Gasteiger partial charge in [0, 0.05) is 0 Å². The van der Waals surface area contributed by atoms with Gasteiger partial charge < -0.3 is 5.11 Å². The van der Waals surface area contributed by atoms with Crippen molar-refractivity contribution >= 4 is 0 Å². The van der Waals surface area contributed by atoms with Crippen molar-refractivity contribution in [3.63, 3.8) is 0 Å². The molecule has 1 fully saturated rings. The Morgan fingerprint density at radius 3 is 1.40 bits per heavy atom.